The van der Waals surface area contributed by atoms with E-state index >= 15 is 0 Å². The maximum atomic E-state index is 13.8. The third kappa shape index (κ3) is 4.54. The third-order valence-corrected chi connectivity index (χ3v) is 5.70. The average Bonchev–Trinajstić information content (AvgIpc) is 3.21. The Morgan fingerprint density at radius 2 is 1.56 bits per heavy atom. The second-order valence-corrected chi connectivity index (χ2v) is 7.83. The summed E-state index contributed by atoms with van der Waals surface area (Å²) in [5, 5.41) is 3.74. The number of halogens is 3. The topological polar surface area (TPSA) is 44.9 Å². The Labute approximate surface area is 184 Å². The number of rotatable bonds is 6. The number of para-hydroxylation sites is 1. The van der Waals surface area contributed by atoms with Gasteiger partial charge in [-0.05, 0) is 35.7 Å². The molecule has 0 aliphatic rings. The first-order chi connectivity index (χ1) is 15.3. The number of carbonyl (C=O) groups excluding carboxylic acids is 1. The Hall–Kier alpha value is -3.54. The summed E-state index contributed by atoms with van der Waals surface area (Å²) in [5.74, 6) is -1.07. The summed E-state index contributed by atoms with van der Waals surface area (Å²) in [6.45, 7) is 1.86. The van der Waals surface area contributed by atoms with E-state index in [9.17, 15) is 18.0 Å². The van der Waals surface area contributed by atoms with Crippen molar-refractivity contribution in [1.82, 2.24) is 10.3 Å². The van der Waals surface area contributed by atoms with Crippen molar-refractivity contribution in [1.29, 1.82) is 0 Å². The van der Waals surface area contributed by atoms with Gasteiger partial charge in [-0.2, -0.15) is 13.2 Å². The van der Waals surface area contributed by atoms with Crippen LogP contribution >= 0.6 is 0 Å². The zero-order valence-electron chi connectivity index (χ0n) is 17.5. The first-order valence-corrected chi connectivity index (χ1v) is 10.4. The Kier molecular flexibility index (Phi) is 6.04. The average molecular weight is 436 g/mol. The van der Waals surface area contributed by atoms with Crippen LogP contribution in [-0.4, -0.2) is 10.9 Å². The molecule has 2 atom stereocenters. The molecule has 0 bridgehead atoms. The lowest BCUT2D eigenvalue weighted by atomic mass is 9.85. The van der Waals surface area contributed by atoms with E-state index in [0.29, 0.717) is 5.56 Å². The molecule has 0 aliphatic heterocycles. The highest BCUT2D eigenvalue weighted by Gasteiger charge is 2.36. The number of hydrogen-bond donors (Lipinski definition) is 2. The normalized spacial score (nSPS) is 13.6. The van der Waals surface area contributed by atoms with Gasteiger partial charge in [0.1, 0.15) is 0 Å². The number of amides is 1. The number of carbonyl (C=O) groups is 1. The van der Waals surface area contributed by atoms with Gasteiger partial charge in [0.05, 0.1) is 11.6 Å². The van der Waals surface area contributed by atoms with Gasteiger partial charge < -0.3 is 10.3 Å². The molecule has 4 rings (SSSR count). The van der Waals surface area contributed by atoms with Gasteiger partial charge in [-0.25, -0.2) is 0 Å². The van der Waals surface area contributed by atoms with E-state index in [4.69, 9.17) is 0 Å². The van der Waals surface area contributed by atoms with Crippen LogP contribution in [0.15, 0.2) is 85.1 Å². The van der Waals surface area contributed by atoms with Crippen LogP contribution in [0, 0.1) is 0 Å². The fourth-order valence-corrected chi connectivity index (χ4v) is 4.14. The first kappa shape index (κ1) is 21.7. The molecular formula is C26H23F3N2O. The lowest BCUT2D eigenvalue weighted by molar-refractivity contribution is -0.138. The SMILES string of the molecule is C[C@H](NC(=O)C[C@@H](c1ccccc1C(F)(F)F)c1c[nH]c2ccccc12)c1ccccc1. The van der Waals surface area contributed by atoms with Crippen molar-refractivity contribution in [2.24, 2.45) is 0 Å². The number of benzene rings is 3. The second-order valence-electron chi connectivity index (χ2n) is 7.83. The molecule has 0 saturated carbocycles. The maximum absolute atomic E-state index is 13.8. The van der Waals surface area contributed by atoms with Crippen molar-refractivity contribution in [3.63, 3.8) is 0 Å². The van der Waals surface area contributed by atoms with Crippen LogP contribution in [0.3, 0.4) is 0 Å². The Balaban J connectivity index is 1.72. The lowest BCUT2D eigenvalue weighted by Crippen LogP contribution is -2.28. The van der Waals surface area contributed by atoms with Crippen molar-refractivity contribution >= 4 is 16.8 Å². The molecule has 0 spiro atoms. The minimum atomic E-state index is -4.52. The Bertz CT molecular complexity index is 1210. The summed E-state index contributed by atoms with van der Waals surface area (Å²) in [5.41, 5.74) is 1.78. The van der Waals surface area contributed by atoms with E-state index in [1.807, 2.05) is 61.5 Å². The summed E-state index contributed by atoms with van der Waals surface area (Å²) >= 11 is 0. The van der Waals surface area contributed by atoms with Crippen LogP contribution in [-0.2, 0) is 11.0 Å². The quantitative estimate of drug-likeness (QED) is 0.352. The van der Waals surface area contributed by atoms with E-state index in [0.717, 1.165) is 22.5 Å². The van der Waals surface area contributed by atoms with Gasteiger partial charge in [-0.15, -0.1) is 0 Å². The van der Waals surface area contributed by atoms with Gasteiger partial charge in [0.15, 0.2) is 0 Å². The van der Waals surface area contributed by atoms with Crippen molar-refractivity contribution in [3.05, 3.63) is 107 Å². The number of aromatic nitrogens is 1. The number of alkyl halides is 3. The zero-order chi connectivity index (χ0) is 22.7. The summed E-state index contributed by atoms with van der Waals surface area (Å²) in [6, 6.07) is 22.1. The van der Waals surface area contributed by atoms with E-state index in [1.165, 1.54) is 12.1 Å². The molecular weight excluding hydrogens is 413 g/mol. The molecule has 164 valence electrons. The van der Waals surface area contributed by atoms with E-state index in [1.54, 1.807) is 12.3 Å². The zero-order valence-corrected chi connectivity index (χ0v) is 17.5. The Morgan fingerprint density at radius 3 is 2.31 bits per heavy atom. The minimum absolute atomic E-state index is 0.0901. The molecule has 2 N–H and O–H groups in total. The van der Waals surface area contributed by atoms with Crippen molar-refractivity contribution in [2.75, 3.05) is 0 Å². The van der Waals surface area contributed by atoms with Gasteiger partial charge in [-0.1, -0.05) is 66.7 Å². The van der Waals surface area contributed by atoms with E-state index in [2.05, 4.69) is 10.3 Å². The second kappa shape index (κ2) is 8.91. The van der Waals surface area contributed by atoms with Crippen LogP contribution in [0.4, 0.5) is 13.2 Å². The highest BCUT2D eigenvalue weighted by Crippen LogP contribution is 2.40. The monoisotopic (exact) mass is 436 g/mol. The van der Waals surface area contributed by atoms with E-state index in [-0.39, 0.29) is 23.9 Å². The molecule has 1 heterocycles. The van der Waals surface area contributed by atoms with Gasteiger partial charge in [0.2, 0.25) is 5.91 Å². The van der Waals surface area contributed by atoms with Crippen LogP contribution in [0.2, 0.25) is 0 Å². The molecule has 1 aromatic heterocycles. The molecule has 0 aliphatic carbocycles. The van der Waals surface area contributed by atoms with Gasteiger partial charge in [-0.3, -0.25) is 4.79 Å². The summed E-state index contributed by atoms with van der Waals surface area (Å²) in [7, 11) is 0. The van der Waals surface area contributed by atoms with Crippen LogP contribution in [0.5, 0.6) is 0 Å². The highest BCUT2D eigenvalue weighted by atomic mass is 19.4. The predicted octanol–water partition coefficient (Wildman–Crippen LogP) is 6.59. The van der Waals surface area contributed by atoms with Crippen molar-refractivity contribution in [3.8, 4) is 0 Å². The molecule has 0 fully saturated rings. The van der Waals surface area contributed by atoms with Crippen LogP contribution in [0.25, 0.3) is 10.9 Å². The van der Waals surface area contributed by atoms with Crippen LogP contribution < -0.4 is 5.32 Å². The molecule has 0 radical (unpaired) electrons. The van der Waals surface area contributed by atoms with Gasteiger partial charge >= 0.3 is 6.18 Å². The maximum Gasteiger partial charge on any atom is 0.416 e. The lowest BCUT2D eigenvalue weighted by Gasteiger charge is -2.23. The molecule has 4 aromatic rings. The number of fused-ring (bicyclic) bond motifs is 1. The number of nitrogens with one attached hydrogen (secondary N) is 2. The summed E-state index contributed by atoms with van der Waals surface area (Å²) in [6.07, 6.45) is -2.92. The predicted molar refractivity (Wildman–Crippen MR) is 119 cm³/mol. The molecule has 32 heavy (non-hydrogen) atoms. The molecule has 0 unspecified atom stereocenters. The molecule has 1 amide bonds. The fraction of sp³-hybridized carbons (Fsp3) is 0.192. The summed E-state index contributed by atoms with van der Waals surface area (Å²) in [4.78, 5) is 16.1. The third-order valence-electron chi connectivity index (χ3n) is 5.70. The van der Waals surface area contributed by atoms with Crippen LogP contribution in [0.1, 0.15) is 47.6 Å². The van der Waals surface area contributed by atoms with Crippen molar-refractivity contribution < 1.29 is 18.0 Å². The van der Waals surface area contributed by atoms with Gasteiger partial charge in [0.25, 0.3) is 0 Å². The number of hydrogen-bond acceptors (Lipinski definition) is 1. The molecule has 6 heteroatoms. The van der Waals surface area contributed by atoms with E-state index < -0.39 is 17.7 Å². The highest BCUT2D eigenvalue weighted by molar-refractivity contribution is 5.86. The molecule has 3 aromatic carbocycles. The Morgan fingerprint density at radius 1 is 0.906 bits per heavy atom. The fourth-order valence-electron chi connectivity index (χ4n) is 4.14. The largest absolute Gasteiger partial charge is 0.416 e. The smallest absolute Gasteiger partial charge is 0.361 e. The summed E-state index contributed by atoms with van der Waals surface area (Å²) < 4.78 is 41.5. The van der Waals surface area contributed by atoms with Crippen molar-refractivity contribution in [2.45, 2.75) is 31.5 Å². The first-order valence-electron chi connectivity index (χ1n) is 10.4. The minimum Gasteiger partial charge on any atom is -0.361 e. The molecule has 3 nitrogen and oxygen atoms in total. The number of aromatic amines is 1. The number of H-pyrrole nitrogens is 1. The van der Waals surface area contributed by atoms with Gasteiger partial charge in [0, 0.05) is 29.4 Å². The molecule has 0 saturated heterocycles. The standard InChI is InChI=1S/C26H23F3N2O/c1-17(18-9-3-2-4-10-18)31-25(32)15-21(19-11-5-7-13-23(19)26(27,28)29)22-16-30-24-14-8-6-12-20(22)24/h2-14,16-17,21,30H,15H2,1H3,(H,31,32)/t17-,21-/m0/s1.